The number of thioether (sulfide) groups is 1. The van der Waals surface area contributed by atoms with Crippen molar-refractivity contribution in [2.75, 3.05) is 5.75 Å². The van der Waals surface area contributed by atoms with Gasteiger partial charge in [-0.1, -0.05) is 39.8 Å². The van der Waals surface area contributed by atoms with E-state index in [0.717, 1.165) is 20.7 Å². The molecule has 0 unspecified atom stereocenters. The minimum atomic E-state index is -0.247. The zero-order chi connectivity index (χ0) is 17.8. The van der Waals surface area contributed by atoms with Crippen LogP contribution in [0.15, 0.2) is 57.2 Å². The van der Waals surface area contributed by atoms with Gasteiger partial charge in [-0.3, -0.25) is 4.79 Å². The number of hydrogen-bond donors (Lipinski definition) is 2. The summed E-state index contributed by atoms with van der Waals surface area (Å²) in [6.07, 6.45) is 1.40. The number of carbonyl (C=O) groups is 1. The van der Waals surface area contributed by atoms with Crippen molar-refractivity contribution >= 4 is 50.8 Å². The third-order valence-electron chi connectivity index (χ3n) is 3.46. The first-order valence-electron chi connectivity index (χ1n) is 7.39. The molecule has 0 fully saturated rings. The van der Waals surface area contributed by atoms with Crippen molar-refractivity contribution in [1.82, 2.24) is 15.0 Å². The Labute approximate surface area is 157 Å². The van der Waals surface area contributed by atoms with Crippen LogP contribution < -0.4 is 5.43 Å². The summed E-state index contributed by atoms with van der Waals surface area (Å²) < 4.78 is 2.77. The maximum absolute atomic E-state index is 11.9. The van der Waals surface area contributed by atoms with E-state index in [4.69, 9.17) is 0 Å². The SMILES string of the molecule is Cn1c(SCC(=O)N/N=C\c2cc(Br)ccc2O)nc2ccccc21. The van der Waals surface area contributed by atoms with E-state index < -0.39 is 0 Å². The lowest BCUT2D eigenvalue weighted by atomic mass is 10.2. The lowest BCUT2D eigenvalue weighted by Gasteiger charge is -2.02. The molecule has 0 radical (unpaired) electrons. The summed E-state index contributed by atoms with van der Waals surface area (Å²) in [4.78, 5) is 16.4. The highest BCUT2D eigenvalue weighted by atomic mass is 79.9. The third-order valence-corrected chi connectivity index (χ3v) is 4.98. The number of hydrogen-bond acceptors (Lipinski definition) is 5. The number of aromatic nitrogens is 2. The minimum Gasteiger partial charge on any atom is -0.507 e. The Morgan fingerprint density at radius 2 is 2.20 bits per heavy atom. The van der Waals surface area contributed by atoms with Gasteiger partial charge in [0, 0.05) is 17.1 Å². The summed E-state index contributed by atoms with van der Waals surface area (Å²) in [5.74, 6) is 0.0389. The number of aryl methyl sites for hydroxylation is 1. The normalized spacial score (nSPS) is 11.3. The van der Waals surface area contributed by atoms with Crippen molar-refractivity contribution in [1.29, 1.82) is 0 Å². The number of carbonyl (C=O) groups excluding carboxylic acids is 1. The van der Waals surface area contributed by atoms with Gasteiger partial charge in [0.05, 0.1) is 23.0 Å². The second kappa shape index (κ2) is 7.71. The van der Waals surface area contributed by atoms with Gasteiger partial charge in [-0.25, -0.2) is 10.4 Å². The number of aromatic hydroxyl groups is 1. The molecule has 0 saturated carbocycles. The largest absolute Gasteiger partial charge is 0.507 e. The van der Waals surface area contributed by atoms with Crippen molar-refractivity contribution in [3.05, 3.63) is 52.5 Å². The smallest absolute Gasteiger partial charge is 0.250 e. The molecule has 0 aliphatic heterocycles. The number of phenolic OH excluding ortho intramolecular Hbond substituents is 1. The van der Waals surface area contributed by atoms with Crippen molar-refractivity contribution in [3.8, 4) is 5.75 Å². The molecule has 128 valence electrons. The molecule has 1 aromatic heterocycles. The first-order valence-corrected chi connectivity index (χ1v) is 9.17. The molecule has 0 aliphatic carbocycles. The average Bonchev–Trinajstić information content (AvgIpc) is 2.92. The maximum atomic E-state index is 11.9. The molecule has 1 heterocycles. The Morgan fingerprint density at radius 3 is 3.00 bits per heavy atom. The number of halogens is 1. The average molecular weight is 419 g/mol. The van der Waals surface area contributed by atoms with Crippen LogP contribution in [0.25, 0.3) is 11.0 Å². The van der Waals surface area contributed by atoms with Gasteiger partial charge in [-0.2, -0.15) is 5.10 Å². The van der Waals surface area contributed by atoms with Gasteiger partial charge in [-0.05, 0) is 30.3 Å². The number of imidazole rings is 1. The summed E-state index contributed by atoms with van der Waals surface area (Å²) in [5, 5.41) is 14.4. The standard InChI is InChI=1S/C17H15BrN4O2S/c1-22-14-5-3-2-4-13(14)20-17(22)25-10-16(24)21-19-9-11-8-12(18)6-7-15(11)23/h2-9,23H,10H2,1H3,(H,21,24)/b19-9-. The van der Waals surface area contributed by atoms with Crippen LogP contribution in [0.3, 0.4) is 0 Å². The van der Waals surface area contributed by atoms with Crippen molar-refractivity contribution in [2.45, 2.75) is 5.16 Å². The molecule has 0 bridgehead atoms. The van der Waals surface area contributed by atoms with Crippen LogP contribution in [0, 0.1) is 0 Å². The minimum absolute atomic E-state index is 0.0928. The number of para-hydroxylation sites is 2. The van der Waals surface area contributed by atoms with Crippen molar-refractivity contribution in [2.24, 2.45) is 12.1 Å². The lowest BCUT2D eigenvalue weighted by Crippen LogP contribution is -2.19. The van der Waals surface area contributed by atoms with E-state index in [1.165, 1.54) is 18.0 Å². The van der Waals surface area contributed by atoms with Gasteiger partial charge in [0.15, 0.2) is 5.16 Å². The van der Waals surface area contributed by atoms with Crippen LogP contribution in [0.2, 0.25) is 0 Å². The molecular weight excluding hydrogens is 404 g/mol. The van der Waals surface area contributed by atoms with E-state index in [1.54, 1.807) is 18.2 Å². The quantitative estimate of drug-likeness (QED) is 0.378. The highest BCUT2D eigenvalue weighted by Crippen LogP contribution is 2.22. The number of phenols is 1. The third kappa shape index (κ3) is 4.21. The molecule has 1 amide bonds. The Bertz CT molecular complexity index is 955. The van der Waals surface area contributed by atoms with Gasteiger partial charge >= 0.3 is 0 Å². The number of hydrazone groups is 1. The van der Waals surface area contributed by atoms with Crippen LogP contribution in [0.1, 0.15) is 5.56 Å². The van der Waals surface area contributed by atoms with Crippen molar-refractivity contribution in [3.63, 3.8) is 0 Å². The predicted molar refractivity (Wildman–Crippen MR) is 103 cm³/mol. The summed E-state index contributed by atoms with van der Waals surface area (Å²) in [5.41, 5.74) is 4.88. The molecule has 0 saturated heterocycles. The molecule has 3 aromatic rings. The van der Waals surface area contributed by atoms with Gasteiger partial charge in [0.1, 0.15) is 5.75 Å². The molecule has 8 heteroatoms. The van der Waals surface area contributed by atoms with Gasteiger partial charge in [0.2, 0.25) is 0 Å². The summed E-state index contributed by atoms with van der Waals surface area (Å²) in [7, 11) is 1.92. The van der Waals surface area contributed by atoms with Crippen LogP contribution in [0.4, 0.5) is 0 Å². The fourth-order valence-corrected chi connectivity index (χ4v) is 3.38. The number of amides is 1. The van der Waals surface area contributed by atoms with E-state index in [2.05, 4.69) is 31.4 Å². The Hall–Kier alpha value is -2.32. The summed E-state index contributed by atoms with van der Waals surface area (Å²) >= 11 is 4.66. The van der Waals surface area contributed by atoms with E-state index >= 15 is 0 Å². The van der Waals surface area contributed by atoms with E-state index in [-0.39, 0.29) is 17.4 Å². The number of benzene rings is 2. The summed E-state index contributed by atoms with van der Waals surface area (Å²) in [6.45, 7) is 0. The van der Waals surface area contributed by atoms with Crippen LogP contribution >= 0.6 is 27.7 Å². The second-order valence-corrected chi connectivity index (χ2v) is 7.09. The molecule has 6 nitrogen and oxygen atoms in total. The monoisotopic (exact) mass is 418 g/mol. The predicted octanol–water partition coefficient (Wildman–Crippen LogP) is 3.28. The van der Waals surface area contributed by atoms with E-state index in [0.29, 0.717) is 5.56 Å². The molecular formula is C17H15BrN4O2S. The molecule has 2 aromatic carbocycles. The van der Waals surface area contributed by atoms with Gasteiger partial charge in [-0.15, -0.1) is 0 Å². The van der Waals surface area contributed by atoms with E-state index in [9.17, 15) is 9.90 Å². The first kappa shape index (κ1) is 17.5. The summed E-state index contributed by atoms with van der Waals surface area (Å²) in [6, 6.07) is 12.8. The molecule has 0 aliphatic rings. The molecule has 0 atom stereocenters. The topological polar surface area (TPSA) is 79.5 Å². The molecule has 0 spiro atoms. The van der Waals surface area contributed by atoms with Crippen LogP contribution in [-0.4, -0.2) is 32.5 Å². The second-order valence-electron chi connectivity index (χ2n) is 5.23. The Kier molecular flexibility index (Phi) is 5.40. The molecule has 25 heavy (non-hydrogen) atoms. The fourth-order valence-electron chi connectivity index (χ4n) is 2.22. The van der Waals surface area contributed by atoms with E-state index in [1.807, 2.05) is 35.9 Å². The number of fused-ring (bicyclic) bond motifs is 1. The molecule has 3 rings (SSSR count). The van der Waals surface area contributed by atoms with Crippen molar-refractivity contribution < 1.29 is 9.90 Å². The van der Waals surface area contributed by atoms with Gasteiger partial charge in [0.25, 0.3) is 5.91 Å². The van der Waals surface area contributed by atoms with Crippen LogP contribution in [-0.2, 0) is 11.8 Å². The highest BCUT2D eigenvalue weighted by Gasteiger charge is 2.09. The first-order chi connectivity index (χ1) is 12.0. The maximum Gasteiger partial charge on any atom is 0.250 e. The zero-order valence-corrected chi connectivity index (χ0v) is 15.7. The number of rotatable bonds is 5. The molecule has 2 N–H and O–H groups in total. The zero-order valence-electron chi connectivity index (χ0n) is 13.3. The number of nitrogens with one attached hydrogen (secondary N) is 1. The Morgan fingerprint density at radius 1 is 1.40 bits per heavy atom. The van der Waals surface area contributed by atoms with Crippen LogP contribution in [0.5, 0.6) is 5.75 Å². The fraction of sp³-hybridized carbons (Fsp3) is 0.118. The van der Waals surface area contributed by atoms with Gasteiger partial charge < -0.3 is 9.67 Å². The number of nitrogens with zero attached hydrogens (tertiary/aromatic N) is 3. The lowest BCUT2D eigenvalue weighted by molar-refractivity contribution is -0.118. The Balaban J connectivity index is 1.58. The highest BCUT2D eigenvalue weighted by molar-refractivity contribution is 9.10.